The molecule has 0 saturated heterocycles. The molecule has 0 radical (unpaired) electrons. The predicted molar refractivity (Wildman–Crippen MR) is 90.3 cm³/mol. The summed E-state index contributed by atoms with van der Waals surface area (Å²) in [6.07, 6.45) is 3.73. The molecule has 5 nitrogen and oxygen atoms in total. The Kier molecular flexibility index (Phi) is 5.88. The number of nitro benzene ring substituents is 1. The van der Waals surface area contributed by atoms with Crippen molar-refractivity contribution in [3.63, 3.8) is 0 Å². The first-order valence-corrected chi connectivity index (χ1v) is 7.37. The molecular weight excluding hydrogens is 316 g/mol. The van der Waals surface area contributed by atoms with E-state index in [-0.39, 0.29) is 11.6 Å². The topological polar surface area (TPSA) is 72.2 Å². The molecule has 0 heterocycles. The molecule has 0 saturated carbocycles. The lowest BCUT2D eigenvalue weighted by Crippen LogP contribution is -2.23. The van der Waals surface area contributed by atoms with E-state index in [4.69, 9.17) is 11.6 Å². The van der Waals surface area contributed by atoms with Crippen molar-refractivity contribution >= 4 is 29.3 Å². The van der Waals surface area contributed by atoms with Crippen LogP contribution in [-0.2, 0) is 11.2 Å². The van der Waals surface area contributed by atoms with Crippen LogP contribution in [0.3, 0.4) is 0 Å². The average Bonchev–Trinajstić information content (AvgIpc) is 2.55. The molecule has 0 unspecified atom stereocenters. The Balaban J connectivity index is 1.79. The largest absolute Gasteiger partial charge is 0.352 e. The van der Waals surface area contributed by atoms with Crippen LogP contribution >= 0.6 is 11.6 Å². The third-order valence-electron chi connectivity index (χ3n) is 3.16. The minimum Gasteiger partial charge on any atom is -0.352 e. The van der Waals surface area contributed by atoms with Gasteiger partial charge >= 0.3 is 0 Å². The maximum atomic E-state index is 11.7. The van der Waals surface area contributed by atoms with Crippen molar-refractivity contribution in [3.05, 3.63) is 80.9 Å². The maximum absolute atomic E-state index is 11.7. The van der Waals surface area contributed by atoms with Crippen molar-refractivity contribution in [2.75, 3.05) is 6.54 Å². The molecule has 0 aliphatic carbocycles. The van der Waals surface area contributed by atoms with Crippen LogP contribution in [-0.4, -0.2) is 17.4 Å². The monoisotopic (exact) mass is 330 g/mol. The number of amides is 1. The van der Waals surface area contributed by atoms with E-state index in [0.717, 1.165) is 11.1 Å². The highest BCUT2D eigenvalue weighted by atomic mass is 35.5. The van der Waals surface area contributed by atoms with Crippen LogP contribution in [0.15, 0.2) is 54.6 Å². The third kappa shape index (κ3) is 5.56. The fourth-order valence-corrected chi connectivity index (χ4v) is 2.05. The first kappa shape index (κ1) is 16.7. The third-order valence-corrected chi connectivity index (χ3v) is 3.41. The maximum Gasteiger partial charge on any atom is 0.269 e. The second kappa shape index (κ2) is 8.10. The number of hydrogen-bond acceptors (Lipinski definition) is 3. The lowest BCUT2D eigenvalue weighted by Gasteiger charge is -2.03. The molecule has 2 aromatic carbocycles. The zero-order valence-corrected chi connectivity index (χ0v) is 13.0. The highest BCUT2D eigenvalue weighted by Gasteiger charge is 2.02. The summed E-state index contributed by atoms with van der Waals surface area (Å²) in [7, 11) is 0. The zero-order chi connectivity index (χ0) is 16.7. The molecule has 0 aromatic heterocycles. The van der Waals surface area contributed by atoms with Crippen molar-refractivity contribution < 1.29 is 9.72 Å². The Morgan fingerprint density at radius 1 is 1.13 bits per heavy atom. The summed E-state index contributed by atoms with van der Waals surface area (Å²) in [4.78, 5) is 21.8. The summed E-state index contributed by atoms with van der Waals surface area (Å²) in [6, 6.07) is 13.4. The van der Waals surface area contributed by atoms with Crippen LogP contribution in [0.2, 0.25) is 5.02 Å². The molecule has 0 aliphatic rings. The summed E-state index contributed by atoms with van der Waals surface area (Å²) in [6.45, 7) is 0.519. The van der Waals surface area contributed by atoms with E-state index in [1.807, 2.05) is 24.3 Å². The van der Waals surface area contributed by atoms with Gasteiger partial charge in [-0.1, -0.05) is 23.7 Å². The van der Waals surface area contributed by atoms with E-state index in [1.165, 1.54) is 18.2 Å². The number of hydrogen-bond donors (Lipinski definition) is 1. The number of carbonyl (C=O) groups excluding carboxylic acids is 1. The Morgan fingerprint density at radius 3 is 2.39 bits per heavy atom. The standard InChI is InChI=1S/C17H15ClN2O3/c18-15-6-1-14(2-7-15)11-12-19-17(21)10-5-13-3-8-16(9-4-13)20(22)23/h1-10H,11-12H2,(H,19,21)/b10-5+. The van der Waals surface area contributed by atoms with Crippen molar-refractivity contribution in [2.45, 2.75) is 6.42 Å². The Hall–Kier alpha value is -2.66. The molecule has 1 N–H and O–H groups in total. The summed E-state index contributed by atoms with van der Waals surface area (Å²) in [5.74, 6) is -0.211. The highest BCUT2D eigenvalue weighted by Crippen LogP contribution is 2.12. The molecule has 0 fully saturated rings. The van der Waals surface area contributed by atoms with Gasteiger partial charge in [0.1, 0.15) is 0 Å². The first-order chi connectivity index (χ1) is 11.0. The number of carbonyl (C=O) groups is 1. The van der Waals surface area contributed by atoms with Crippen LogP contribution in [0.25, 0.3) is 6.08 Å². The molecule has 6 heteroatoms. The van der Waals surface area contributed by atoms with Gasteiger partial charge < -0.3 is 5.32 Å². The van der Waals surface area contributed by atoms with E-state index in [9.17, 15) is 14.9 Å². The number of nitrogens with zero attached hydrogens (tertiary/aromatic N) is 1. The van der Waals surface area contributed by atoms with E-state index >= 15 is 0 Å². The quantitative estimate of drug-likeness (QED) is 0.499. The molecule has 0 bridgehead atoms. The molecule has 2 rings (SSSR count). The van der Waals surface area contributed by atoms with E-state index in [0.29, 0.717) is 18.0 Å². The van der Waals surface area contributed by atoms with Crippen molar-refractivity contribution in [3.8, 4) is 0 Å². The Bertz CT molecular complexity index is 710. The SMILES string of the molecule is O=C(/C=C/c1ccc([N+](=O)[O-])cc1)NCCc1ccc(Cl)cc1. The van der Waals surface area contributed by atoms with Crippen LogP contribution in [0.5, 0.6) is 0 Å². The number of non-ortho nitro benzene ring substituents is 1. The zero-order valence-electron chi connectivity index (χ0n) is 12.2. The van der Waals surface area contributed by atoms with Gasteiger partial charge in [-0.3, -0.25) is 14.9 Å². The molecule has 0 aliphatic heterocycles. The van der Waals surface area contributed by atoms with Gasteiger partial charge in [0, 0.05) is 29.8 Å². The highest BCUT2D eigenvalue weighted by molar-refractivity contribution is 6.30. The normalized spacial score (nSPS) is 10.7. The van der Waals surface area contributed by atoms with Gasteiger partial charge in [-0.2, -0.15) is 0 Å². The minimum atomic E-state index is -0.461. The number of benzene rings is 2. The molecule has 1 amide bonds. The van der Waals surface area contributed by atoms with Crippen LogP contribution in [0.4, 0.5) is 5.69 Å². The second-order valence-electron chi connectivity index (χ2n) is 4.85. The van der Waals surface area contributed by atoms with Crippen LogP contribution in [0.1, 0.15) is 11.1 Å². The number of halogens is 1. The number of nitrogens with one attached hydrogen (secondary N) is 1. The van der Waals surface area contributed by atoms with Gasteiger partial charge in [0.2, 0.25) is 5.91 Å². The molecular formula is C17H15ClN2O3. The lowest BCUT2D eigenvalue weighted by molar-refractivity contribution is -0.384. The number of nitro groups is 1. The Labute approximate surface area is 138 Å². The van der Waals surface area contributed by atoms with Gasteiger partial charge in [-0.15, -0.1) is 0 Å². The summed E-state index contributed by atoms with van der Waals surface area (Å²) < 4.78 is 0. The van der Waals surface area contributed by atoms with Gasteiger partial charge in [-0.05, 0) is 47.9 Å². The van der Waals surface area contributed by atoms with E-state index < -0.39 is 4.92 Å². The summed E-state index contributed by atoms with van der Waals surface area (Å²) in [5, 5.41) is 14.0. The Morgan fingerprint density at radius 2 is 1.78 bits per heavy atom. The molecule has 118 valence electrons. The van der Waals surface area contributed by atoms with Crippen molar-refractivity contribution in [1.29, 1.82) is 0 Å². The van der Waals surface area contributed by atoms with E-state index in [1.54, 1.807) is 18.2 Å². The summed E-state index contributed by atoms with van der Waals surface area (Å²) >= 11 is 5.81. The lowest BCUT2D eigenvalue weighted by atomic mass is 10.1. The minimum absolute atomic E-state index is 0.0227. The number of rotatable bonds is 6. The van der Waals surface area contributed by atoms with E-state index in [2.05, 4.69) is 5.32 Å². The van der Waals surface area contributed by atoms with Gasteiger partial charge in [0.15, 0.2) is 0 Å². The first-order valence-electron chi connectivity index (χ1n) is 6.99. The van der Waals surface area contributed by atoms with Gasteiger partial charge in [0.05, 0.1) is 4.92 Å². The van der Waals surface area contributed by atoms with Crippen LogP contribution < -0.4 is 5.32 Å². The second-order valence-corrected chi connectivity index (χ2v) is 5.29. The predicted octanol–water partition coefficient (Wildman–Crippen LogP) is 3.62. The molecule has 23 heavy (non-hydrogen) atoms. The fraction of sp³-hybridized carbons (Fsp3) is 0.118. The average molecular weight is 331 g/mol. The summed E-state index contributed by atoms with van der Waals surface area (Å²) in [5.41, 5.74) is 1.84. The molecule has 0 atom stereocenters. The molecule has 2 aromatic rings. The molecule has 0 spiro atoms. The van der Waals surface area contributed by atoms with Crippen LogP contribution in [0, 0.1) is 10.1 Å². The van der Waals surface area contributed by atoms with Crippen molar-refractivity contribution in [1.82, 2.24) is 5.32 Å². The van der Waals surface area contributed by atoms with Gasteiger partial charge in [0.25, 0.3) is 5.69 Å². The van der Waals surface area contributed by atoms with Gasteiger partial charge in [-0.25, -0.2) is 0 Å². The smallest absolute Gasteiger partial charge is 0.269 e. The van der Waals surface area contributed by atoms with Crippen molar-refractivity contribution in [2.24, 2.45) is 0 Å². The fourth-order valence-electron chi connectivity index (χ4n) is 1.92.